The Balaban J connectivity index is 2.25. The van der Waals surface area contributed by atoms with Crippen LogP contribution in [0, 0.1) is 5.92 Å². The van der Waals surface area contributed by atoms with Crippen molar-refractivity contribution >= 4 is 10.9 Å². The van der Waals surface area contributed by atoms with E-state index in [9.17, 15) is 8.42 Å². The molecule has 0 aromatic carbocycles. The molecule has 1 aliphatic carbocycles. The van der Waals surface area contributed by atoms with Crippen LogP contribution >= 0.6 is 0 Å². The molecule has 0 aromatic heterocycles. The molecule has 1 rings (SSSR count). The number of hydrogen-bond acceptors (Lipinski definition) is 2. The fourth-order valence-corrected chi connectivity index (χ4v) is 1.41. The van der Waals surface area contributed by atoms with E-state index in [2.05, 4.69) is 4.72 Å². The highest BCUT2D eigenvalue weighted by molar-refractivity contribution is 7.70. The van der Waals surface area contributed by atoms with Crippen molar-refractivity contribution in [1.29, 1.82) is 0 Å². The minimum atomic E-state index is -2.38. The predicted octanol–water partition coefficient (Wildman–Crippen LogP) is -0.0991. The minimum absolute atomic E-state index is 0.158. The van der Waals surface area contributed by atoms with Crippen LogP contribution in [0.2, 0.25) is 0 Å². The molecule has 1 N–H and O–H groups in total. The van der Waals surface area contributed by atoms with Gasteiger partial charge in [0.2, 0.25) is 10.9 Å². The first-order valence-electron chi connectivity index (χ1n) is 3.10. The van der Waals surface area contributed by atoms with Crippen LogP contribution in [-0.4, -0.2) is 14.5 Å². The van der Waals surface area contributed by atoms with E-state index in [0.29, 0.717) is 5.92 Å². The molecule has 54 valence electrons. The lowest BCUT2D eigenvalue weighted by atomic mass is 10.2. The third-order valence-electron chi connectivity index (χ3n) is 1.64. The van der Waals surface area contributed by atoms with Gasteiger partial charge in [0.05, 0.1) is 0 Å². The highest BCUT2D eigenvalue weighted by Crippen LogP contribution is 2.32. The van der Waals surface area contributed by atoms with Gasteiger partial charge in [-0.1, -0.05) is 0 Å². The lowest BCUT2D eigenvalue weighted by molar-refractivity contribution is 0.554. The molecule has 0 amide bonds. The maximum atomic E-state index is 10.1. The molecule has 0 bridgehead atoms. The van der Waals surface area contributed by atoms with E-state index in [-0.39, 0.29) is 6.04 Å². The van der Waals surface area contributed by atoms with Gasteiger partial charge in [0.25, 0.3) is 0 Å². The molecule has 1 atom stereocenters. The van der Waals surface area contributed by atoms with Gasteiger partial charge in [-0.15, -0.1) is 0 Å². The first kappa shape index (κ1) is 7.02. The van der Waals surface area contributed by atoms with Crippen LogP contribution in [0.1, 0.15) is 19.8 Å². The van der Waals surface area contributed by atoms with Crippen LogP contribution in [0.3, 0.4) is 0 Å². The van der Waals surface area contributed by atoms with Gasteiger partial charge in [0, 0.05) is 6.04 Å². The van der Waals surface area contributed by atoms with Gasteiger partial charge >= 0.3 is 0 Å². The summed E-state index contributed by atoms with van der Waals surface area (Å²) in [5, 5.41) is 0. The van der Waals surface area contributed by atoms with E-state index < -0.39 is 10.9 Å². The fourth-order valence-electron chi connectivity index (χ4n) is 0.868. The molecule has 4 heteroatoms. The lowest BCUT2D eigenvalue weighted by Crippen LogP contribution is -2.25. The topological polar surface area (TPSA) is 46.2 Å². The molecule has 0 radical (unpaired) electrons. The van der Waals surface area contributed by atoms with Gasteiger partial charge < -0.3 is 0 Å². The van der Waals surface area contributed by atoms with Crippen LogP contribution < -0.4 is 4.72 Å². The molecule has 0 aromatic rings. The van der Waals surface area contributed by atoms with E-state index in [4.69, 9.17) is 0 Å². The highest BCUT2D eigenvalue weighted by atomic mass is 32.2. The van der Waals surface area contributed by atoms with Crippen LogP contribution in [0.15, 0.2) is 0 Å². The Morgan fingerprint density at radius 3 is 2.44 bits per heavy atom. The standard InChI is InChI=1S/C5H11NO2S/c1-4(5-2-3-5)6-9(7)8/h4-5,9H,2-3H2,1H3,(H,6,7,8). The van der Waals surface area contributed by atoms with E-state index in [0.717, 1.165) is 0 Å². The average Bonchev–Trinajstić information content (AvgIpc) is 2.40. The SMILES string of the molecule is CC(N[SH](=O)=O)C1CC1. The third-order valence-corrected chi connectivity index (χ3v) is 2.26. The summed E-state index contributed by atoms with van der Waals surface area (Å²) in [6, 6.07) is 0.158. The second-order valence-electron chi connectivity index (χ2n) is 2.51. The van der Waals surface area contributed by atoms with Crippen LogP contribution in [0.5, 0.6) is 0 Å². The highest BCUT2D eigenvalue weighted by Gasteiger charge is 2.27. The Hall–Kier alpha value is -0.0900. The second-order valence-corrected chi connectivity index (χ2v) is 3.28. The van der Waals surface area contributed by atoms with Crippen molar-refractivity contribution in [3.05, 3.63) is 0 Å². The molecule has 1 aliphatic rings. The molecule has 3 nitrogen and oxygen atoms in total. The number of nitrogens with one attached hydrogen (secondary N) is 1. The summed E-state index contributed by atoms with van der Waals surface area (Å²) in [5.41, 5.74) is 0. The lowest BCUT2D eigenvalue weighted by Gasteiger charge is -2.04. The molecule has 1 unspecified atom stereocenters. The molecular weight excluding hydrogens is 138 g/mol. The zero-order chi connectivity index (χ0) is 6.85. The molecule has 0 saturated heterocycles. The second kappa shape index (κ2) is 2.66. The van der Waals surface area contributed by atoms with Gasteiger partial charge in [-0.3, -0.25) is 0 Å². The summed E-state index contributed by atoms with van der Waals surface area (Å²) in [6.45, 7) is 1.91. The number of thiol groups is 1. The molecule has 9 heavy (non-hydrogen) atoms. The Morgan fingerprint density at radius 2 is 2.11 bits per heavy atom. The van der Waals surface area contributed by atoms with Crippen LogP contribution in [0.4, 0.5) is 0 Å². The molecule has 0 aliphatic heterocycles. The summed E-state index contributed by atoms with van der Waals surface area (Å²) >= 11 is 0. The van der Waals surface area contributed by atoms with E-state index in [1.807, 2.05) is 6.92 Å². The van der Waals surface area contributed by atoms with E-state index in [1.165, 1.54) is 12.8 Å². The molecule has 1 saturated carbocycles. The number of rotatable bonds is 3. The zero-order valence-corrected chi connectivity index (χ0v) is 6.23. The van der Waals surface area contributed by atoms with E-state index in [1.54, 1.807) is 0 Å². The summed E-state index contributed by atoms with van der Waals surface area (Å²) in [4.78, 5) is 0. The average molecular weight is 149 g/mol. The fraction of sp³-hybridized carbons (Fsp3) is 1.00. The monoisotopic (exact) mass is 149 g/mol. The Morgan fingerprint density at radius 1 is 1.56 bits per heavy atom. The largest absolute Gasteiger partial charge is 0.216 e. The first-order valence-corrected chi connectivity index (χ1v) is 4.28. The summed E-state index contributed by atoms with van der Waals surface area (Å²) < 4.78 is 22.6. The quantitative estimate of drug-likeness (QED) is 0.550. The first-order chi connectivity index (χ1) is 4.20. The Bertz CT molecular complexity index is 154. The van der Waals surface area contributed by atoms with Gasteiger partial charge in [0.1, 0.15) is 0 Å². The Labute approximate surface area is 56.5 Å². The maximum Gasteiger partial charge on any atom is 0.201 e. The van der Waals surface area contributed by atoms with Crippen molar-refractivity contribution in [3.8, 4) is 0 Å². The van der Waals surface area contributed by atoms with Crippen molar-refractivity contribution in [3.63, 3.8) is 0 Å². The Kier molecular flexibility index (Phi) is 2.08. The summed E-state index contributed by atoms with van der Waals surface area (Å²) in [5.74, 6) is 0.609. The van der Waals surface area contributed by atoms with Gasteiger partial charge in [0.15, 0.2) is 0 Å². The number of hydrogen-bond donors (Lipinski definition) is 2. The molecule has 0 spiro atoms. The van der Waals surface area contributed by atoms with Gasteiger partial charge in [-0.05, 0) is 25.7 Å². The molecule has 1 fully saturated rings. The predicted molar refractivity (Wildman–Crippen MR) is 35.6 cm³/mol. The van der Waals surface area contributed by atoms with Crippen molar-refractivity contribution in [2.24, 2.45) is 5.92 Å². The summed E-state index contributed by atoms with van der Waals surface area (Å²) in [6.07, 6.45) is 2.36. The smallest absolute Gasteiger partial charge is 0.201 e. The third kappa shape index (κ3) is 2.32. The van der Waals surface area contributed by atoms with Crippen molar-refractivity contribution in [2.45, 2.75) is 25.8 Å². The normalized spacial score (nSPS) is 22.4. The van der Waals surface area contributed by atoms with Crippen molar-refractivity contribution < 1.29 is 8.42 Å². The van der Waals surface area contributed by atoms with Crippen molar-refractivity contribution in [2.75, 3.05) is 0 Å². The summed E-state index contributed by atoms with van der Waals surface area (Å²) in [7, 11) is -2.38. The van der Waals surface area contributed by atoms with E-state index >= 15 is 0 Å². The molecule has 0 heterocycles. The molecular formula is C5H11NO2S. The van der Waals surface area contributed by atoms with Crippen molar-refractivity contribution in [1.82, 2.24) is 4.72 Å². The van der Waals surface area contributed by atoms with Gasteiger partial charge in [-0.2, -0.15) is 0 Å². The maximum absolute atomic E-state index is 10.1. The van der Waals surface area contributed by atoms with Crippen LogP contribution in [-0.2, 0) is 10.9 Å². The van der Waals surface area contributed by atoms with Crippen LogP contribution in [0.25, 0.3) is 0 Å². The zero-order valence-electron chi connectivity index (χ0n) is 5.33. The minimum Gasteiger partial charge on any atom is -0.216 e. The van der Waals surface area contributed by atoms with Gasteiger partial charge in [-0.25, -0.2) is 13.1 Å².